The van der Waals surface area contributed by atoms with Crippen LogP contribution >= 0.6 is 7.75 Å². The van der Waals surface area contributed by atoms with Crippen LogP contribution in [0.25, 0.3) is 26.7 Å². The molecule has 3 heterocycles. The Hall–Kier alpha value is -4.23. The number of nitrogens with zero attached hydrogens (tertiary/aromatic N) is 6. The number of aromatic nitrogens is 3. The second-order valence-corrected chi connectivity index (χ2v) is 11.5. The highest BCUT2D eigenvalue weighted by atomic mass is 31.2. The maximum Gasteiger partial charge on any atom is 0.459 e. The van der Waals surface area contributed by atoms with Gasteiger partial charge in [-0.2, -0.15) is 10.2 Å². The van der Waals surface area contributed by atoms with Gasteiger partial charge in [-0.1, -0.05) is 41.5 Å². The molecule has 4 aromatic rings. The van der Waals surface area contributed by atoms with E-state index in [1.54, 1.807) is 36.4 Å². The molecule has 5 rings (SSSR count). The Morgan fingerprint density at radius 2 is 2.07 bits per heavy atom. The van der Waals surface area contributed by atoms with Crippen LogP contribution in [0.1, 0.15) is 25.6 Å². The van der Waals surface area contributed by atoms with Gasteiger partial charge in [0.05, 0.1) is 25.5 Å². The first kappa shape index (κ1) is 29.3. The Labute approximate surface area is 239 Å². The Balaban J connectivity index is 1.45. The van der Waals surface area contributed by atoms with Crippen molar-refractivity contribution in [3.63, 3.8) is 0 Å². The number of nitrogens with two attached hydrogens (primary N) is 1. The Kier molecular flexibility index (Phi) is 8.06. The Morgan fingerprint density at radius 1 is 1.31 bits per heavy atom. The zero-order chi connectivity index (χ0) is 30.1. The minimum Gasteiger partial charge on any atom is -0.468 e. The third kappa shape index (κ3) is 5.37. The summed E-state index contributed by atoms with van der Waals surface area (Å²) in [5.74, 6) is -0.241. The highest BCUT2D eigenvalue weighted by Gasteiger charge is 2.55. The number of aliphatic hydroxyl groups excluding tert-OH is 1. The predicted octanol–water partition coefficient (Wildman–Crippen LogP) is 3.69. The van der Waals surface area contributed by atoms with E-state index in [4.69, 9.17) is 24.3 Å². The van der Waals surface area contributed by atoms with Crippen molar-refractivity contribution < 1.29 is 33.0 Å². The summed E-state index contributed by atoms with van der Waals surface area (Å²) in [6, 6.07) is 14.8. The van der Waals surface area contributed by atoms with E-state index >= 15 is 0 Å². The van der Waals surface area contributed by atoms with Gasteiger partial charge in [-0.15, -0.1) is 0 Å². The zero-order valence-electron chi connectivity index (χ0n) is 22.9. The topological polar surface area (TPSA) is 208 Å². The molecule has 6 atom stereocenters. The van der Waals surface area contributed by atoms with Gasteiger partial charge in [-0.05, 0) is 43.0 Å². The second kappa shape index (κ2) is 11.6. The molecule has 0 bridgehead atoms. The van der Waals surface area contributed by atoms with Crippen molar-refractivity contribution in [1.82, 2.24) is 19.7 Å². The average molecular weight is 597 g/mol. The van der Waals surface area contributed by atoms with Gasteiger partial charge >= 0.3 is 13.7 Å². The van der Waals surface area contributed by atoms with Gasteiger partial charge in [0.2, 0.25) is 0 Å². The van der Waals surface area contributed by atoms with Crippen LogP contribution in [0.2, 0.25) is 0 Å². The number of nitrogen functional groups attached to an aromatic ring is 1. The van der Waals surface area contributed by atoms with E-state index in [9.17, 15) is 20.0 Å². The summed E-state index contributed by atoms with van der Waals surface area (Å²) < 4.78 is 38.2. The molecule has 1 aliphatic rings. The number of anilines is 1. The summed E-state index contributed by atoms with van der Waals surface area (Å²) in [7, 11) is -3.12. The maximum absolute atomic E-state index is 14.1. The van der Waals surface area contributed by atoms with Gasteiger partial charge in [0.15, 0.2) is 5.82 Å². The van der Waals surface area contributed by atoms with Crippen LogP contribution in [0.5, 0.6) is 5.75 Å². The average Bonchev–Trinajstić information content (AvgIpc) is 3.51. The van der Waals surface area contributed by atoms with Crippen LogP contribution < -0.4 is 15.3 Å². The zero-order valence-corrected chi connectivity index (χ0v) is 23.8. The van der Waals surface area contributed by atoms with Gasteiger partial charge in [-0.25, -0.2) is 14.1 Å². The maximum atomic E-state index is 14.1. The summed E-state index contributed by atoms with van der Waals surface area (Å²) in [4.78, 5) is 19.1. The normalized spacial score (nSPS) is 24.1. The minimum atomic E-state index is -4.32. The van der Waals surface area contributed by atoms with Crippen LogP contribution in [0.3, 0.4) is 0 Å². The third-order valence-corrected chi connectivity index (χ3v) is 8.75. The fourth-order valence-corrected chi connectivity index (χ4v) is 6.45. The molecule has 2 aromatic heterocycles. The van der Waals surface area contributed by atoms with Crippen molar-refractivity contribution in [2.45, 2.75) is 43.7 Å². The number of rotatable bonds is 10. The smallest absolute Gasteiger partial charge is 0.459 e. The Morgan fingerprint density at radius 3 is 2.83 bits per heavy atom. The van der Waals surface area contributed by atoms with E-state index in [0.29, 0.717) is 16.6 Å². The number of ether oxygens (including phenoxy) is 2. The SMILES string of the molecule is COC(=O)[C@H](C)NP(=O)(OC[C@H]1O[C@@H](c2ccc3c(N)ncnn23)[C@](C)(N=[N+]=[N-])[C@@H]1O)Oc1cccc2ccccc12. The van der Waals surface area contributed by atoms with E-state index in [2.05, 4.69) is 25.2 Å². The summed E-state index contributed by atoms with van der Waals surface area (Å²) in [5.41, 5.74) is 14.7. The van der Waals surface area contributed by atoms with Gasteiger partial charge in [0.1, 0.15) is 41.4 Å². The monoisotopic (exact) mass is 596 g/mol. The van der Waals surface area contributed by atoms with Crippen molar-refractivity contribution in [3.8, 4) is 5.75 Å². The lowest BCUT2D eigenvalue weighted by molar-refractivity contribution is -0.142. The van der Waals surface area contributed by atoms with Crippen LogP contribution in [-0.4, -0.2) is 63.2 Å². The summed E-state index contributed by atoms with van der Waals surface area (Å²) >= 11 is 0. The first-order chi connectivity index (χ1) is 20.1. The molecule has 1 fully saturated rings. The fourth-order valence-electron chi connectivity index (χ4n) is 4.93. The first-order valence-corrected chi connectivity index (χ1v) is 14.4. The number of benzene rings is 2. The van der Waals surface area contributed by atoms with E-state index < -0.39 is 50.2 Å². The number of hydrogen-bond acceptors (Lipinski definition) is 11. The molecule has 0 spiro atoms. The van der Waals surface area contributed by atoms with E-state index in [1.165, 1.54) is 31.8 Å². The van der Waals surface area contributed by atoms with Crippen molar-refractivity contribution in [2.24, 2.45) is 5.11 Å². The van der Waals surface area contributed by atoms with Crippen molar-refractivity contribution in [1.29, 1.82) is 0 Å². The number of aliphatic hydroxyl groups is 1. The van der Waals surface area contributed by atoms with E-state index in [1.807, 2.05) is 18.2 Å². The molecule has 16 heteroatoms. The van der Waals surface area contributed by atoms with Gasteiger partial charge in [-0.3, -0.25) is 9.32 Å². The lowest BCUT2D eigenvalue weighted by Crippen LogP contribution is -2.42. The second-order valence-electron chi connectivity index (χ2n) is 9.85. The van der Waals surface area contributed by atoms with E-state index in [0.717, 1.165) is 5.39 Å². The molecule has 2 aromatic carbocycles. The lowest BCUT2D eigenvalue weighted by Gasteiger charge is -2.27. The number of methoxy groups -OCH3 is 1. The quantitative estimate of drug-likeness (QED) is 0.0790. The lowest BCUT2D eigenvalue weighted by atomic mass is 9.88. The molecule has 0 radical (unpaired) electrons. The van der Waals surface area contributed by atoms with Crippen molar-refractivity contribution in [3.05, 3.63) is 77.1 Å². The van der Waals surface area contributed by atoms with Gasteiger partial charge in [0.25, 0.3) is 0 Å². The molecule has 0 amide bonds. The predicted molar refractivity (Wildman–Crippen MR) is 151 cm³/mol. The number of hydrogen-bond donors (Lipinski definition) is 3. The summed E-state index contributed by atoms with van der Waals surface area (Å²) in [6.45, 7) is 2.49. The number of fused-ring (bicyclic) bond motifs is 2. The molecule has 15 nitrogen and oxygen atoms in total. The molecule has 0 aliphatic carbocycles. The summed E-state index contributed by atoms with van der Waals surface area (Å²) in [6.07, 6.45) is -2.30. The van der Waals surface area contributed by atoms with Crippen molar-refractivity contribution in [2.75, 3.05) is 19.5 Å². The minimum absolute atomic E-state index is 0.220. The van der Waals surface area contributed by atoms with Crippen LogP contribution in [0, 0.1) is 0 Å². The Bertz CT molecular complexity index is 1720. The molecule has 0 saturated carbocycles. The van der Waals surface area contributed by atoms with Crippen molar-refractivity contribution >= 4 is 35.8 Å². The third-order valence-electron chi connectivity index (χ3n) is 7.12. The van der Waals surface area contributed by atoms with Gasteiger partial charge in [0, 0.05) is 10.3 Å². The number of carbonyl (C=O) groups is 1. The molecule has 4 N–H and O–H groups in total. The van der Waals surface area contributed by atoms with E-state index in [-0.39, 0.29) is 11.6 Å². The molecular weight excluding hydrogens is 567 g/mol. The van der Waals surface area contributed by atoms with Gasteiger partial charge < -0.3 is 24.8 Å². The highest BCUT2D eigenvalue weighted by Crippen LogP contribution is 2.50. The molecule has 1 saturated heterocycles. The number of azide groups is 1. The molecule has 1 unspecified atom stereocenters. The fraction of sp³-hybridized carbons (Fsp3) is 0.346. The molecule has 220 valence electrons. The number of nitrogens with one attached hydrogen (secondary N) is 1. The number of esters is 1. The summed E-state index contributed by atoms with van der Waals surface area (Å²) in [5, 5.41) is 23.5. The standard InChI is InChI=1S/C26H29N8O7P/c1-15(25(36)38-3)31-42(37,41-20-10-6-8-16-7-4-5-9-17(16)20)39-13-21-22(35)26(2,32-33-28)23(40-21)18-11-12-19-24(27)29-14-30-34(18)19/h4-12,14-15,21-23,35H,13H2,1-3H3,(H,31,37)(H2,27,29,30)/t15-,21+,22+,23-,26+,42?/m0/s1. The molecule has 1 aliphatic heterocycles. The largest absolute Gasteiger partial charge is 0.468 e. The first-order valence-electron chi connectivity index (χ1n) is 12.9. The molecule has 42 heavy (non-hydrogen) atoms. The highest BCUT2D eigenvalue weighted by molar-refractivity contribution is 7.52. The molecular formula is C26H29N8O7P. The van der Waals surface area contributed by atoms with Crippen LogP contribution in [-0.2, 0) is 23.4 Å². The van der Waals surface area contributed by atoms with Crippen LogP contribution in [0.4, 0.5) is 5.82 Å². The van der Waals surface area contributed by atoms with Crippen LogP contribution in [0.15, 0.2) is 66.0 Å². The number of carbonyl (C=O) groups excluding carboxylic acids is 1.